The molecule has 0 bridgehead atoms. The number of hydrogen-bond donors (Lipinski definition) is 2. The predicted molar refractivity (Wildman–Crippen MR) is 167 cm³/mol. The number of benzene rings is 2. The lowest BCUT2D eigenvalue weighted by atomic mass is 9.86. The summed E-state index contributed by atoms with van der Waals surface area (Å²) in [6, 6.07) is 7.74. The van der Waals surface area contributed by atoms with E-state index in [4.69, 9.17) is 0 Å². The number of piperidine rings is 1. The van der Waals surface area contributed by atoms with Crippen molar-refractivity contribution in [2.24, 2.45) is 5.41 Å². The number of carbonyl (C=O) groups excluding carboxylic acids is 2. The van der Waals surface area contributed by atoms with E-state index < -0.39 is 32.7 Å². The summed E-state index contributed by atoms with van der Waals surface area (Å²) in [6.45, 7) is 10.4. The van der Waals surface area contributed by atoms with Crippen molar-refractivity contribution in [2.45, 2.75) is 108 Å². The van der Waals surface area contributed by atoms with Crippen molar-refractivity contribution in [1.29, 1.82) is 0 Å². The quantitative estimate of drug-likeness (QED) is 0.412. The van der Waals surface area contributed by atoms with E-state index in [0.717, 1.165) is 51.6 Å². The monoisotopic (exact) mass is 610 g/mol. The largest absolute Gasteiger partial charge is 0.371 e. The van der Waals surface area contributed by atoms with Crippen LogP contribution in [0, 0.1) is 11.2 Å². The summed E-state index contributed by atoms with van der Waals surface area (Å²) in [7, 11) is -3.84. The third-order valence-corrected chi connectivity index (χ3v) is 11.6. The molecule has 0 atom stereocenters. The topological polar surface area (TPSA) is 98.8 Å². The van der Waals surface area contributed by atoms with Gasteiger partial charge in [-0.1, -0.05) is 18.9 Å². The lowest BCUT2D eigenvalue weighted by molar-refractivity contribution is -0.122. The lowest BCUT2D eigenvalue weighted by Gasteiger charge is -2.35. The second-order valence-corrected chi connectivity index (χ2v) is 16.2. The molecule has 232 valence electrons. The Labute approximate surface area is 254 Å². The van der Waals surface area contributed by atoms with E-state index in [-0.39, 0.29) is 33.8 Å². The van der Waals surface area contributed by atoms with E-state index in [1.807, 2.05) is 13.8 Å². The van der Waals surface area contributed by atoms with Crippen molar-refractivity contribution in [3.8, 4) is 0 Å². The Kier molecular flexibility index (Phi) is 7.20. The lowest BCUT2D eigenvalue weighted by Crippen LogP contribution is -2.42. The number of nitrogens with one attached hydrogen (secondary N) is 2. The van der Waals surface area contributed by atoms with Gasteiger partial charge in [0.25, 0.3) is 5.91 Å². The molecule has 10 heteroatoms. The summed E-state index contributed by atoms with van der Waals surface area (Å²) in [6.07, 6.45) is 8.07. The second-order valence-electron chi connectivity index (χ2n) is 14.5. The molecule has 2 aromatic rings. The Morgan fingerprint density at radius 1 is 1.00 bits per heavy atom. The van der Waals surface area contributed by atoms with Gasteiger partial charge in [-0.25, -0.2) is 17.5 Å². The maximum Gasteiger partial charge on any atom is 0.257 e. The molecule has 1 saturated heterocycles. The first-order valence-corrected chi connectivity index (χ1v) is 17.0. The van der Waals surface area contributed by atoms with Gasteiger partial charge in [0.05, 0.1) is 32.9 Å². The number of fused-ring (bicyclic) bond motifs is 1. The maximum atomic E-state index is 16.3. The van der Waals surface area contributed by atoms with Gasteiger partial charge in [-0.2, -0.15) is 0 Å². The molecule has 0 unspecified atom stereocenters. The summed E-state index contributed by atoms with van der Waals surface area (Å²) in [5.74, 6) is -1.25. The Morgan fingerprint density at radius 2 is 1.65 bits per heavy atom. The van der Waals surface area contributed by atoms with Crippen LogP contribution in [0.1, 0.15) is 102 Å². The summed E-state index contributed by atoms with van der Waals surface area (Å²) in [5, 5.41) is 2.77. The number of sulfonamides is 1. The smallest absolute Gasteiger partial charge is 0.257 e. The van der Waals surface area contributed by atoms with Crippen molar-refractivity contribution in [2.75, 3.05) is 28.2 Å². The minimum atomic E-state index is -3.84. The summed E-state index contributed by atoms with van der Waals surface area (Å²) in [5.41, 5.74) is 0.561. The Bertz CT molecular complexity index is 1580. The predicted octanol–water partition coefficient (Wildman–Crippen LogP) is 6.10. The number of rotatable bonds is 6. The molecule has 2 aliphatic heterocycles. The van der Waals surface area contributed by atoms with Gasteiger partial charge in [0.2, 0.25) is 15.9 Å². The van der Waals surface area contributed by atoms with E-state index in [2.05, 4.69) is 14.9 Å². The molecule has 2 heterocycles. The molecule has 0 radical (unpaired) electrons. The molecular weight excluding hydrogens is 567 g/mol. The van der Waals surface area contributed by atoms with Gasteiger partial charge in [0.15, 0.2) is 5.82 Å². The number of halogens is 1. The molecule has 2 aliphatic carbocycles. The van der Waals surface area contributed by atoms with Crippen molar-refractivity contribution in [1.82, 2.24) is 4.72 Å². The molecule has 1 spiro atoms. The summed E-state index contributed by atoms with van der Waals surface area (Å²) in [4.78, 5) is 31.1. The fraction of sp³-hybridized carbons (Fsp3) is 0.576. The molecule has 43 heavy (non-hydrogen) atoms. The first kappa shape index (κ1) is 30.1. The van der Waals surface area contributed by atoms with Crippen LogP contribution in [0.2, 0.25) is 0 Å². The minimum absolute atomic E-state index is 0.00451. The Balaban J connectivity index is 1.35. The average Bonchev–Trinajstić information content (AvgIpc) is 3.38. The van der Waals surface area contributed by atoms with Crippen molar-refractivity contribution >= 4 is 38.9 Å². The molecule has 0 aromatic heterocycles. The summed E-state index contributed by atoms with van der Waals surface area (Å²) >= 11 is 0. The summed E-state index contributed by atoms with van der Waals surface area (Å²) < 4.78 is 45.4. The van der Waals surface area contributed by atoms with Crippen LogP contribution in [0.3, 0.4) is 0 Å². The highest BCUT2D eigenvalue weighted by molar-refractivity contribution is 7.89. The SMILES string of the molecule is CC(C)(C)NS(=O)(=O)c1ccc(C(=O)Nc2ccc3c(c2F)N(C2CCCC2)C(=O)C3(C)C)c(N2CCC3(CC2)CC3)c1. The van der Waals surface area contributed by atoms with Crippen LogP contribution in [0.4, 0.5) is 21.5 Å². The third-order valence-electron chi connectivity index (χ3n) is 9.81. The Morgan fingerprint density at radius 3 is 2.26 bits per heavy atom. The number of anilines is 3. The van der Waals surface area contributed by atoms with Crippen molar-refractivity contribution in [3.05, 3.63) is 47.3 Å². The molecule has 2 amide bonds. The molecule has 4 aliphatic rings. The number of carbonyl (C=O) groups is 2. The highest BCUT2D eigenvalue weighted by Gasteiger charge is 2.49. The maximum absolute atomic E-state index is 16.3. The first-order chi connectivity index (χ1) is 20.1. The van der Waals surface area contributed by atoms with Crippen LogP contribution in [-0.2, 0) is 20.2 Å². The molecule has 2 saturated carbocycles. The van der Waals surface area contributed by atoms with Crippen molar-refractivity contribution in [3.63, 3.8) is 0 Å². The van der Waals surface area contributed by atoms with Crippen LogP contribution >= 0.6 is 0 Å². The average molecular weight is 611 g/mol. The van der Waals surface area contributed by atoms with Gasteiger partial charge in [0.1, 0.15) is 0 Å². The zero-order valence-electron chi connectivity index (χ0n) is 25.8. The van der Waals surface area contributed by atoms with Gasteiger partial charge in [0, 0.05) is 24.7 Å². The van der Waals surface area contributed by atoms with E-state index in [1.165, 1.54) is 31.0 Å². The van der Waals surface area contributed by atoms with E-state index >= 15 is 4.39 Å². The van der Waals surface area contributed by atoms with Crippen LogP contribution in [0.15, 0.2) is 35.2 Å². The third kappa shape index (κ3) is 5.45. The Hall–Kier alpha value is -2.98. The molecule has 8 nitrogen and oxygen atoms in total. The van der Waals surface area contributed by atoms with Crippen LogP contribution in [0.5, 0.6) is 0 Å². The highest BCUT2D eigenvalue weighted by atomic mass is 32.2. The number of nitrogens with zero attached hydrogens (tertiary/aromatic N) is 2. The van der Waals surface area contributed by atoms with Crippen molar-refractivity contribution < 1.29 is 22.4 Å². The van der Waals surface area contributed by atoms with Gasteiger partial charge in [-0.15, -0.1) is 0 Å². The van der Waals surface area contributed by atoms with Gasteiger partial charge < -0.3 is 15.1 Å². The van der Waals surface area contributed by atoms with E-state index in [9.17, 15) is 18.0 Å². The second kappa shape index (κ2) is 10.3. The minimum Gasteiger partial charge on any atom is -0.371 e. The van der Waals surface area contributed by atoms with E-state index in [1.54, 1.807) is 37.8 Å². The zero-order chi connectivity index (χ0) is 30.9. The normalized spacial score (nSPS) is 21.4. The first-order valence-electron chi connectivity index (χ1n) is 15.5. The van der Waals surface area contributed by atoms with Gasteiger partial charge >= 0.3 is 0 Å². The van der Waals surface area contributed by atoms with E-state index in [0.29, 0.717) is 16.7 Å². The molecular formula is C33H43FN4O4S. The van der Waals surface area contributed by atoms with Gasteiger partial charge in [-0.3, -0.25) is 9.59 Å². The fourth-order valence-electron chi connectivity index (χ4n) is 7.11. The molecule has 2 aromatic carbocycles. The van der Waals surface area contributed by atoms with Crippen LogP contribution in [0.25, 0.3) is 0 Å². The zero-order valence-corrected chi connectivity index (χ0v) is 26.7. The van der Waals surface area contributed by atoms with Crippen LogP contribution < -0.4 is 19.8 Å². The highest BCUT2D eigenvalue weighted by Crippen LogP contribution is 2.54. The van der Waals surface area contributed by atoms with Gasteiger partial charge in [-0.05, 0) is 108 Å². The number of hydrogen-bond acceptors (Lipinski definition) is 5. The number of amides is 2. The molecule has 3 fully saturated rings. The van der Waals surface area contributed by atoms with Crippen LogP contribution in [-0.4, -0.2) is 44.9 Å². The molecule has 6 rings (SSSR count). The standard InChI is InChI=1S/C33H43FN4O4S/c1-31(2,3)36-43(41,42)22-10-11-23(26(20-22)37-18-16-33(14-15-33)17-19-37)29(39)35-25-13-12-24-28(27(25)34)38(21-8-6-7-9-21)30(40)32(24,4)5/h10-13,20-21,36H,6-9,14-19H2,1-5H3,(H,35,39). The fourth-order valence-corrected chi connectivity index (χ4v) is 8.55. The molecule has 2 N–H and O–H groups in total.